The summed E-state index contributed by atoms with van der Waals surface area (Å²) in [5.41, 5.74) is 2.09. The number of amides is 1. The molecule has 3 rings (SSSR count). The van der Waals surface area contributed by atoms with Crippen LogP contribution in [0.15, 0.2) is 40.8 Å². The Balaban J connectivity index is 1.60. The Morgan fingerprint density at radius 1 is 1.03 bits per heavy atom. The number of likely N-dealkylation sites (N-methyl/N-ethyl adjacent to an activating group) is 1. The van der Waals surface area contributed by atoms with Gasteiger partial charge in [-0.2, -0.15) is 0 Å². The van der Waals surface area contributed by atoms with E-state index in [-0.39, 0.29) is 40.3 Å². The summed E-state index contributed by atoms with van der Waals surface area (Å²) in [6.45, 7) is 6.37. The average molecular weight is 483 g/mol. The van der Waals surface area contributed by atoms with E-state index in [4.69, 9.17) is 44.0 Å². The zero-order valence-electron chi connectivity index (χ0n) is 17.6. The van der Waals surface area contributed by atoms with E-state index in [1.54, 1.807) is 7.05 Å². The van der Waals surface area contributed by atoms with E-state index in [1.807, 2.05) is 24.3 Å². The lowest BCUT2D eigenvalue weighted by atomic mass is 9.87. The maximum absolute atomic E-state index is 12.4. The summed E-state index contributed by atoms with van der Waals surface area (Å²) in [7, 11) is 1.62. The fraction of sp³-hybridized carbons (Fsp3) is 0.318. The van der Waals surface area contributed by atoms with Gasteiger partial charge in [0.05, 0.1) is 21.6 Å². The molecule has 0 N–H and O–H groups in total. The molecule has 2 aromatic carbocycles. The van der Waals surface area contributed by atoms with Crippen LogP contribution in [0.3, 0.4) is 0 Å². The summed E-state index contributed by atoms with van der Waals surface area (Å²) in [5, 5.41) is 8.98. The summed E-state index contributed by atoms with van der Waals surface area (Å²) in [6, 6.07) is 10.9. The van der Waals surface area contributed by atoms with Crippen LogP contribution in [0.1, 0.15) is 32.2 Å². The van der Waals surface area contributed by atoms with Gasteiger partial charge in [0.2, 0.25) is 11.8 Å². The quantitative estimate of drug-likeness (QED) is 0.401. The predicted octanol–water partition coefficient (Wildman–Crippen LogP) is 6.03. The fourth-order valence-corrected chi connectivity index (χ4v) is 3.29. The zero-order chi connectivity index (χ0) is 22.8. The fourth-order valence-electron chi connectivity index (χ4n) is 2.70. The zero-order valence-corrected chi connectivity index (χ0v) is 19.8. The number of hydrogen-bond acceptors (Lipinski definition) is 5. The highest BCUT2D eigenvalue weighted by Crippen LogP contribution is 2.33. The van der Waals surface area contributed by atoms with Gasteiger partial charge in [0.1, 0.15) is 5.75 Å². The van der Waals surface area contributed by atoms with Crippen molar-refractivity contribution in [2.45, 2.75) is 32.7 Å². The third kappa shape index (κ3) is 5.91. The SMILES string of the molecule is CN(Cc1nnc(-c2ccc(C(C)(C)C)cc2)o1)C(=O)COc1cc(Cl)c(Cl)cc1Cl. The van der Waals surface area contributed by atoms with E-state index < -0.39 is 0 Å². The minimum absolute atomic E-state index is 0.0608. The van der Waals surface area contributed by atoms with Gasteiger partial charge in [-0.05, 0) is 29.2 Å². The van der Waals surface area contributed by atoms with E-state index >= 15 is 0 Å². The van der Waals surface area contributed by atoms with Gasteiger partial charge < -0.3 is 14.1 Å². The maximum atomic E-state index is 12.4. The second-order valence-electron chi connectivity index (χ2n) is 8.06. The Hall–Kier alpha value is -2.28. The number of halogens is 3. The molecule has 1 heterocycles. The Bertz CT molecular complexity index is 1080. The molecule has 31 heavy (non-hydrogen) atoms. The van der Waals surface area contributed by atoms with Crippen LogP contribution in [0.2, 0.25) is 15.1 Å². The first-order valence-corrected chi connectivity index (χ1v) is 10.6. The standard InChI is InChI=1S/C22H22Cl3N3O3/c1-22(2,3)14-7-5-13(6-8-14)21-27-26-19(31-21)11-28(4)20(29)12-30-18-10-16(24)15(23)9-17(18)25/h5-10H,11-12H2,1-4H3. The lowest BCUT2D eigenvalue weighted by Gasteiger charge is -2.18. The van der Waals surface area contributed by atoms with Crippen molar-refractivity contribution in [1.29, 1.82) is 0 Å². The van der Waals surface area contributed by atoms with Gasteiger partial charge in [-0.3, -0.25) is 4.79 Å². The molecule has 164 valence electrons. The minimum Gasteiger partial charge on any atom is -0.482 e. The molecule has 9 heteroatoms. The van der Waals surface area contributed by atoms with Crippen molar-refractivity contribution in [3.05, 3.63) is 62.9 Å². The molecular formula is C22H22Cl3N3O3. The molecule has 6 nitrogen and oxygen atoms in total. The lowest BCUT2D eigenvalue weighted by molar-refractivity contribution is -0.132. The van der Waals surface area contributed by atoms with Crippen LogP contribution in [-0.4, -0.2) is 34.7 Å². The summed E-state index contributed by atoms with van der Waals surface area (Å²) in [4.78, 5) is 13.8. The lowest BCUT2D eigenvalue weighted by Crippen LogP contribution is -2.31. The number of ether oxygens (including phenoxy) is 1. The molecule has 0 atom stereocenters. The molecule has 0 saturated heterocycles. The van der Waals surface area contributed by atoms with Crippen LogP contribution in [0, 0.1) is 0 Å². The van der Waals surface area contributed by atoms with Crippen LogP contribution in [0.5, 0.6) is 5.75 Å². The first-order valence-electron chi connectivity index (χ1n) is 9.49. The Morgan fingerprint density at radius 2 is 1.68 bits per heavy atom. The number of carbonyl (C=O) groups is 1. The highest BCUT2D eigenvalue weighted by molar-refractivity contribution is 6.43. The molecule has 3 aromatic rings. The third-order valence-electron chi connectivity index (χ3n) is 4.59. The second kappa shape index (κ2) is 9.47. The monoisotopic (exact) mass is 481 g/mol. The highest BCUT2D eigenvalue weighted by Gasteiger charge is 2.17. The molecule has 0 radical (unpaired) electrons. The topological polar surface area (TPSA) is 68.5 Å². The summed E-state index contributed by atoms with van der Waals surface area (Å²) < 4.78 is 11.2. The molecule has 0 bridgehead atoms. The van der Waals surface area contributed by atoms with Crippen molar-refractivity contribution in [2.24, 2.45) is 0 Å². The van der Waals surface area contributed by atoms with Gasteiger partial charge in [0, 0.05) is 18.7 Å². The molecule has 0 spiro atoms. The van der Waals surface area contributed by atoms with Crippen molar-refractivity contribution < 1.29 is 13.9 Å². The molecule has 0 aliphatic rings. The summed E-state index contributed by atoms with van der Waals surface area (Å²) in [6.07, 6.45) is 0. The highest BCUT2D eigenvalue weighted by atomic mass is 35.5. The van der Waals surface area contributed by atoms with E-state index in [0.29, 0.717) is 16.8 Å². The second-order valence-corrected chi connectivity index (χ2v) is 9.29. The number of hydrogen-bond donors (Lipinski definition) is 0. The molecule has 0 unspecified atom stereocenters. The largest absolute Gasteiger partial charge is 0.482 e. The average Bonchev–Trinajstić information content (AvgIpc) is 3.17. The number of aromatic nitrogens is 2. The van der Waals surface area contributed by atoms with Gasteiger partial charge in [0.15, 0.2) is 6.61 Å². The molecule has 1 aromatic heterocycles. The van der Waals surface area contributed by atoms with Crippen molar-refractivity contribution in [3.8, 4) is 17.2 Å². The molecule has 0 aliphatic heterocycles. The molecule has 0 fully saturated rings. The van der Waals surface area contributed by atoms with Gasteiger partial charge in [-0.25, -0.2) is 0 Å². The Labute approximate surface area is 196 Å². The van der Waals surface area contributed by atoms with Gasteiger partial charge in [0.25, 0.3) is 5.91 Å². The summed E-state index contributed by atoms with van der Waals surface area (Å²) in [5.74, 6) is 0.696. The normalized spacial score (nSPS) is 11.5. The Kier molecular flexibility index (Phi) is 7.14. The van der Waals surface area contributed by atoms with E-state index in [0.717, 1.165) is 5.56 Å². The van der Waals surface area contributed by atoms with Gasteiger partial charge in [-0.15, -0.1) is 10.2 Å². The molecule has 0 saturated carbocycles. The minimum atomic E-state index is -0.295. The Morgan fingerprint density at radius 3 is 2.32 bits per heavy atom. The van der Waals surface area contributed by atoms with E-state index in [9.17, 15) is 4.79 Å². The predicted molar refractivity (Wildman–Crippen MR) is 122 cm³/mol. The van der Waals surface area contributed by atoms with Crippen LogP contribution in [0.25, 0.3) is 11.5 Å². The van der Waals surface area contributed by atoms with Crippen molar-refractivity contribution in [3.63, 3.8) is 0 Å². The molecular weight excluding hydrogens is 461 g/mol. The third-order valence-corrected chi connectivity index (χ3v) is 5.61. The maximum Gasteiger partial charge on any atom is 0.260 e. The van der Waals surface area contributed by atoms with Crippen molar-refractivity contribution in [1.82, 2.24) is 15.1 Å². The first kappa shape index (κ1) is 23.4. The van der Waals surface area contributed by atoms with Gasteiger partial charge >= 0.3 is 0 Å². The van der Waals surface area contributed by atoms with Crippen LogP contribution < -0.4 is 4.74 Å². The van der Waals surface area contributed by atoms with E-state index in [2.05, 4.69) is 31.0 Å². The van der Waals surface area contributed by atoms with Crippen LogP contribution in [-0.2, 0) is 16.8 Å². The number of benzene rings is 2. The van der Waals surface area contributed by atoms with Gasteiger partial charge in [-0.1, -0.05) is 67.7 Å². The number of rotatable bonds is 6. The van der Waals surface area contributed by atoms with Crippen LogP contribution >= 0.6 is 34.8 Å². The number of carbonyl (C=O) groups excluding carboxylic acids is 1. The molecule has 0 aliphatic carbocycles. The summed E-state index contributed by atoms with van der Waals surface area (Å²) >= 11 is 17.9. The smallest absolute Gasteiger partial charge is 0.260 e. The number of nitrogens with zero attached hydrogens (tertiary/aromatic N) is 3. The van der Waals surface area contributed by atoms with Crippen molar-refractivity contribution >= 4 is 40.7 Å². The van der Waals surface area contributed by atoms with E-state index in [1.165, 1.54) is 22.6 Å². The van der Waals surface area contributed by atoms with Crippen molar-refractivity contribution in [2.75, 3.05) is 13.7 Å². The first-order chi connectivity index (χ1) is 14.5. The van der Waals surface area contributed by atoms with Crippen LogP contribution in [0.4, 0.5) is 0 Å². The molecule has 1 amide bonds.